The zero-order chi connectivity index (χ0) is 11.4. The average molecular weight is 209 g/mol. The van der Waals surface area contributed by atoms with Gasteiger partial charge in [0.25, 0.3) is 0 Å². The van der Waals surface area contributed by atoms with Crippen LogP contribution in [0.1, 0.15) is 26.5 Å². The van der Waals surface area contributed by atoms with Crippen LogP contribution in [0.25, 0.3) is 0 Å². The Bertz CT molecular complexity index is 330. The first kappa shape index (κ1) is 11.8. The smallest absolute Gasteiger partial charge is 0.241 e. The van der Waals surface area contributed by atoms with Crippen molar-refractivity contribution < 1.29 is 4.79 Å². The fourth-order valence-electron chi connectivity index (χ4n) is 1.16. The Morgan fingerprint density at radius 1 is 1.53 bits per heavy atom. The highest BCUT2D eigenvalue weighted by molar-refractivity contribution is 5.75. The number of carbonyl (C=O) groups excluding carboxylic acids is 1. The maximum Gasteiger partial charge on any atom is 0.241 e. The van der Waals surface area contributed by atoms with E-state index >= 15 is 0 Å². The van der Waals surface area contributed by atoms with E-state index in [1.54, 1.807) is 4.68 Å². The van der Waals surface area contributed by atoms with E-state index in [0.717, 1.165) is 5.69 Å². The molecule has 1 N–H and O–H groups in total. The first-order valence-corrected chi connectivity index (χ1v) is 5.28. The van der Waals surface area contributed by atoms with E-state index in [-0.39, 0.29) is 11.9 Å². The largest absolute Gasteiger partial charge is 0.352 e. The molecule has 4 heteroatoms. The minimum atomic E-state index is 0.0132. The number of nitrogens with one attached hydrogen (secondary N) is 1. The highest BCUT2D eigenvalue weighted by Gasteiger charge is 2.11. The van der Waals surface area contributed by atoms with Gasteiger partial charge in [-0.3, -0.25) is 9.48 Å². The first-order chi connectivity index (χ1) is 6.99. The normalized spacial score (nSPS) is 12.9. The van der Waals surface area contributed by atoms with Crippen LogP contribution in [0.2, 0.25) is 0 Å². The number of aryl methyl sites for hydroxylation is 1. The van der Waals surface area contributed by atoms with Gasteiger partial charge >= 0.3 is 0 Å². The van der Waals surface area contributed by atoms with E-state index in [0.29, 0.717) is 12.5 Å². The highest BCUT2D eigenvalue weighted by Crippen LogP contribution is 2.00. The van der Waals surface area contributed by atoms with E-state index in [9.17, 15) is 4.79 Å². The fourth-order valence-corrected chi connectivity index (χ4v) is 1.16. The summed E-state index contributed by atoms with van der Waals surface area (Å²) in [5, 5.41) is 7.10. The average Bonchev–Trinajstić information content (AvgIpc) is 2.50. The fraction of sp³-hybridized carbons (Fsp3) is 0.636. The number of nitrogens with zero attached hydrogens (tertiary/aromatic N) is 2. The Morgan fingerprint density at radius 3 is 2.67 bits per heavy atom. The third-order valence-electron chi connectivity index (χ3n) is 2.47. The molecular weight excluding hydrogens is 190 g/mol. The van der Waals surface area contributed by atoms with Crippen LogP contribution in [0.5, 0.6) is 0 Å². The summed E-state index contributed by atoms with van der Waals surface area (Å²) in [6.45, 7) is 8.39. The van der Waals surface area contributed by atoms with Gasteiger partial charge in [0, 0.05) is 12.2 Å². The summed E-state index contributed by atoms with van der Waals surface area (Å²) in [7, 11) is 0. The second kappa shape index (κ2) is 4.96. The Balaban J connectivity index is 2.43. The molecule has 1 aromatic heterocycles. The van der Waals surface area contributed by atoms with Crippen molar-refractivity contribution in [2.24, 2.45) is 5.92 Å². The van der Waals surface area contributed by atoms with Crippen LogP contribution >= 0.6 is 0 Å². The van der Waals surface area contributed by atoms with Crippen LogP contribution in [-0.4, -0.2) is 21.7 Å². The summed E-state index contributed by atoms with van der Waals surface area (Å²) in [6.07, 6.45) is 1.81. The molecule has 0 aromatic carbocycles. The Morgan fingerprint density at radius 2 is 2.20 bits per heavy atom. The molecule has 0 fully saturated rings. The summed E-state index contributed by atoms with van der Waals surface area (Å²) in [5.74, 6) is 0.465. The Labute approximate surface area is 90.7 Å². The van der Waals surface area contributed by atoms with Gasteiger partial charge in [-0.15, -0.1) is 0 Å². The van der Waals surface area contributed by atoms with Crippen molar-refractivity contribution in [2.45, 2.75) is 40.3 Å². The number of rotatable bonds is 4. The number of amides is 1. The van der Waals surface area contributed by atoms with Crippen LogP contribution in [0.15, 0.2) is 12.3 Å². The molecule has 1 aromatic rings. The van der Waals surface area contributed by atoms with Crippen molar-refractivity contribution >= 4 is 5.91 Å². The van der Waals surface area contributed by atoms with Crippen LogP contribution < -0.4 is 5.32 Å². The van der Waals surface area contributed by atoms with Crippen molar-refractivity contribution in [1.29, 1.82) is 0 Å². The molecule has 84 valence electrons. The van der Waals surface area contributed by atoms with Gasteiger partial charge in [-0.1, -0.05) is 13.8 Å². The Hall–Kier alpha value is -1.32. The number of hydrogen-bond donors (Lipinski definition) is 1. The van der Waals surface area contributed by atoms with Crippen LogP contribution in [0, 0.1) is 12.8 Å². The van der Waals surface area contributed by atoms with Crippen molar-refractivity contribution in [3.63, 3.8) is 0 Å². The van der Waals surface area contributed by atoms with Crippen LogP contribution in [0.4, 0.5) is 0 Å². The summed E-state index contributed by atoms with van der Waals surface area (Å²) in [4.78, 5) is 11.6. The van der Waals surface area contributed by atoms with E-state index in [4.69, 9.17) is 0 Å². The summed E-state index contributed by atoms with van der Waals surface area (Å²) in [5.41, 5.74) is 0.930. The molecular formula is C11H19N3O. The monoisotopic (exact) mass is 209 g/mol. The predicted molar refractivity (Wildman–Crippen MR) is 59.4 cm³/mol. The summed E-state index contributed by atoms with van der Waals surface area (Å²) >= 11 is 0. The summed E-state index contributed by atoms with van der Waals surface area (Å²) in [6, 6.07) is 2.09. The van der Waals surface area contributed by atoms with E-state index in [1.165, 1.54) is 0 Å². The van der Waals surface area contributed by atoms with Crippen molar-refractivity contribution in [1.82, 2.24) is 15.1 Å². The van der Waals surface area contributed by atoms with E-state index in [1.807, 2.05) is 26.1 Å². The quantitative estimate of drug-likeness (QED) is 0.813. The maximum absolute atomic E-state index is 11.6. The minimum Gasteiger partial charge on any atom is -0.352 e. The number of hydrogen-bond acceptors (Lipinski definition) is 2. The van der Waals surface area contributed by atoms with Crippen molar-refractivity contribution in [3.8, 4) is 0 Å². The highest BCUT2D eigenvalue weighted by atomic mass is 16.2. The number of aromatic nitrogens is 2. The molecule has 15 heavy (non-hydrogen) atoms. The van der Waals surface area contributed by atoms with Crippen LogP contribution in [-0.2, 0) is 11.3 Å². The van der Waals surface area contributed by atoms with Crippen molar-refractivity contribution in [3.05, 3.63) is 18.0 Å². The van der Waals surface area contributed by atoms with Gasteiger partial charge in [0.15, 0.2) is 0 Å². The predicted octanol–water partition coefficient (Wildman–Crippen LogP) is 1.35. The topological polar surface area (TPSA) is 46.9 Å². The van der Waals surface area contributed by atoms with Gasteiger partial charge in [-0.25, -0.2) is 0 Å². The minimum absolute atomic E-state index is 0.0132. The van der Waals surface area contributed by atoms with Gasteiger partial charge in [-0.2, -0.15) is 5.10 Å². The zero-order valence-corrected chi connectivity index (χ0v) is 9.82. The third-order valence-corrected chi connectivity index (χ3v) is 2.47. The zero-order valence-electron chi connectivity index (χ0n) is 9.82. The molecule has 1 atom stereocenters. The molecule has 4 nitrogen and oxygen atoms in total. The molecule has 0 saturated heterocycles. The molecule has 1 amide bonds. The molecule has 1 rings (SSSR count). The standard InChI is InChI=1S/C11H19N3O/c1-8(2)10(4)12-11(15)7-14-6-5-9(3)13-14/h5-6,8,10H,7H2,1-4H3,(H,12,15). The second-order valence-corrected chi connectivity index (χ2v) is 4.25. The third kappa shape index (κ3) is 3.73. The van der Waals surface area contributed by atoms with Gasteiger partial charge in [0.2, 0.25) is 5.91 Å². The van der Waals surface area contributed by atoms with Crippen LogP contribution in [0.3, 0.4) is 0 Å². The van der Waals surface area contributed by atoms with Crippen molar-refractivity contribution in [2.75, 3.05) is 0 Å². The molecule has 1 unspecified atom stereocenters. The SMILES string of the molecule is Cc1ccn(CC(=O)NC(C)C(C)C)n1. The second-order valence-electron chi connectivity index (χ2n) is 4.25. The van der Waals surface area contributed by atoms with E-state index < -0.39 is 0 Å². The lowest BCUT2D eigenvalue weighted by atomic mass is 10.1. The summed E-state index contributed by atoms with van der Waals surface area (Å²) < 4.78 is 1.65. The molecule has 0 saturated carbocycles. The molecule has 1 heterocycles. The lowest BCUT2D eigenvalue weighted by molar-refractivity contribution is -0.122. The molecule has 0 aliphatic rings. The maximum atomic E-state index is 11.6. The molecule has 0 spiro atoms. The molecule has 0 radical (unpaired) electrons. The van der Waals surface area contributed by atoms with E-state index in [2.05, 4.69) is 24.3 Å². The van der Waals surface area contributed by atoms with Gasteiger partial charge in [0.05, 0.1) is 5.69 Å². The van der Waals surface area contributed by atoms with Gasteiger partial charge in [-0.05, 0) is 25.8 Å². The molecule has 0 aliphatic carbocycles. The molecule has 0 aliphatic heterocycles. The van der Waals surface area contributed by atoms with Gasteiger partial charge in [0.1, 0.15) is 6.54 Å². The lowest BCUT2D eigenvalue weighted by Crippen LogP contribution is -2.38. The number of carbonyl (C=O) groups is 1. The van der Waals surface area contributed by atoms with Gasteiger partial charge < -0.3 is 5.32 Å². The first-order valence-electron chi connectivity index (χ1n) is 5.28. The molecule has 0 bridgehead atoms. The Kier molecular flexibility index (Phi) is 3.88. The lowest BCUT2D eigenvalue weighted by Gasteiger charge is -2.17.